The average Bonchev–Trinajstić information content (AvgIpc) is 2.31. The Kier molecular flexibility index (Phi) is 6.77. The van der Waals surface area contributed by atoms with E-state index in [9.17, 15) is 0 Å². The minimum atomic E-state index is 0.233. The summed E-state index contributed by atoms with van der Waals surface area (Å²) in [6.45, 7) is 5.17. The third-order valence-corrected chi connectivity index (χ3v) is 2.65. The Morgan fingerprint density at radius 1 is 1.19 bits per heavy atom. The van der Waals surface area contributed by atoms with Crippen molar-refractivity contribution < 1.29 is 5.11 Å². The van der Waals surface area contributed by atoms with Crippen molar-refractivity contribution in [1.29, 1.82) is 0 Å². The molecule has 0 saturated carbocycles. The van der Waals surface area contributed by atoms with E-state index in [-0.39, 0.29) is 6.61 Å². The molecule has 3 heteroatoms. The molecule has 0 unspecified atom stereocenters. The van der Waals surface area contributed by atoms with Crippen LogP contribution in [-0.2, 0) is 6.54 Å². The van der Waals surface area contributed by atoms with Crippen LogP contribution in [-0.4, -0.2) is 34.7 Å². The van der Waals surface area contributed by atoms with Crippen LogP contribution in [0.5, 0.6) is 0 Å². The summed E-state index contributed by atoms with van der Waals surface area (Å²) in [6.07, 6.45) is 7.35. The lowest BCUT2D eigenvalue weighted by molar-refractivity contribution is 0.187. The summed E-state index contributed by atoms with van der Waals surface area (Å²) in [4.78, 5) is 6.30. The second-order valence-electron chi connectivity index (χ2n) is 4.06. The first-order chi connectivity index (χ1) is 7.86. The minimum absolute atomic E-state index is 0.233. The molecule has 0 aliphatic carbocycles. The maximum absolute atomic E-state index is 9.02. The molecule has 0 fully saturated rings. The molecule has 0 aromatic carbocycles. The van der Waals surface area contributed by atoms with Crippen LogP contribution in [0.15, 0.2) is 24.5 Å². The SMILES string of the molecule is CCCCCN(CCO)Cc1ccncc1. The number of hydrogen-bond acceptors (Lipinski definition) is 3. The molecule has 1 N–H and O–H groups in total. The molecular formula is C13H22N2O. The van der Waals surface area contributed by atoms with Crippen LogP contribution in [0.1, 0.15) is 31.7 Å². The molecule has 0 aliphatic rings. The monoisotopic (exact) mass is 222 g/mol. The molecule has 0 aliphatic heterocycles. The van der Waals surface area contributed by atoms with E-state index in [1.165, 1.54) is 24.8 Å². The summed E-state index contributed by atoms with van der Waals surface area (Å²) in [5.41, 5.74) is 1.26. The Bertz CT molecular complexity index is 264. The van der Waals surface area contributed by atoms with Crippen molar-refractivity contribution in [2.75, 3.05) is 19.7 Å². The zero-order valence-electron chi connectivity index (χ0n) is 10.1. The van der Waals surface area contributed by atoms with Gasteiger partial charge in [0.1, 0.15) is 0 Å². The summed E-state index contributed by atoms with van der Waals surface area (Å²) < 4.78 is 0. The van der Waals surface area contributed by atoms with Gasteiger partial charge in [0.25, 0.3) is 0 Å². The van der Waals surface area contributed by atoms with Crippen molar-refractivity contribution >= 4 is 0 Å². The van der Waals surface area contributed by atoms with E-state index in [1.54, 1.807) is 0 Å². The molecule has 16 heavy (non-hydrogen) atoms. The predicted molar refractivity (Wildman–Crippen MR) is 66.1 cm³/mol. The van der Waals surface area contributed by atoms with Gasteiger partial charge in [0, 0.05) is 25.5 Å². The van der Waals surface area contributed by atoms with Gasteiger partial charge in [-0.25, -0.2) is 0 Å². The van der Waals surface area contributed by atoms with E-state index in [0.717, 1.165) is 19.6 Å². The van der Waals surface area contributed by atoms with Crippen LogP contribution in [0.25, 0.3) is 0 Å². The van der Waals surface area contributed by atoms with E-state index < -0.39 is 0 Å². The zero-order valence-corrected chi connectivity index (χ0v) is 10.1. The number of unbranched alkanes of at least 4 members (excludes halogenated alkanes) is 2. The fourth-order valence-electron chi connectivity index (χ4n) is 1.74. The highest BCUT2D eigenvalue weighted by molar-refractivity contribution is 5.09. The Labute approximate surface area is 98.1 Å². The van der Waals surface area contributed by atoms with Crippen molar-refractivity contribution in [1.82, 2.24) is 9.88 Å². The van der Waals surface area contributed by atoms with Crippen LogP contribution < -0.4 is 0 Å². The van der Waals surface area contributed by atoms with E-state index in [4.69, 9.17) is 5.11 Å². The smallest absolute Gasteiger partial charge is 0.0558 e. The van der Waals surface area contributed by atoms with Crippen molar-refractivity contribution in [3.05, 3.63) is 30.1 Å². The molecule has 1 rings (SSSR count). The van der Waals surface area contributed by atoms with Crippen LogP contribution in [0.3, 0.4) is 0 Å². The normalized spacial score (nSPS) is 10.9. The Hall–Kier alpha value is -0.930. The highest BCUT2D eigenvalue weighted by Gasteiger charge is 2.04. The standard InChI is InChI=1S/C13H22N2O/c1-2-3-4-9-15(10-11-16)12-13-5-7-14-8-6-13/h5-8,16H,2-4,9-12H2,1H3. The third-order valence-electron chi connectivity index (χ3n) is 2.65. The molecule has 1 heterocycles. The van der Waals surface area contributed by atoms with Gasteiger partial charge < -0.3 is 5.11 Å². The molecule has 0 spiro atoms. The number of aliphatic hydroxyl groups is 1. The van der Waals surface area contributed by atoms with Gasteiger partial charge in [-0.2, -0.15) is 0 Å². The second kappa shape index (κ2) is 8.25. The van der Waals surface area contributed by atoms with E-state index >= 15 is 0 Å². The molecule has 1 aromatic heterocycles. The fourth-order valence-corrected chi connectivity index (χ4v) is 1.74. The highest BCUT2D eigenvalue weighted by Crippen LogP contribution is 2.05. The lowest BCUT2D eigenvalue weighted by atomic mass is 10.2. The second-order valence-corrected chi connectivity index (χ2v) is 4.06. The van der Waals surface area contributed by atoms with Crippen molar-refractivity contribution in [2.24, 2.45) is 0 Å². The maximum Gasteiger partial charge on any atom is 0.0558 e. The number of pyridine rings is 1. The molecule has 0 amide bonds. The van der Waals surface area contributed by atoms with Crippen molar-refractivity contribution in [3.63, 3.8) is 0 Å². The van der Waals surface area contributed by atoms with Gasteiger partial charge in [-0.3, -0.25) is 9.88 Å². The average molecular weight is 222 g/mol. The number of hydrogen-bond donors (Lipinski definition) is 1. The van der Waals surface area contributed by atoms with Crippen LogP contribution in [0, 0.1) is 0 Å². The maximum atomic E-state index is 9.02. The number of nitrogens with zero attached hydrogens (tertiary/aromatic N) is 2. The highest BCUT2D eigenvalue weighted by atomic mass is 16.3. The summed E-state index contributed by atoms with van der Waals surface area (Å²) >= 11 is 0. The fraction of sp³-hybridized carbons (Fsp3) is 0.615. The van der Waals surface area contributed by atoms with Crippen LogP contribution >= 0.6 is 0 Å². The first-order valence-electron chi connectivity index (χ1n) is 6.09. The van der Waals surface area contributed by atoms with Crippen LogP contribution in [0.4, 0.5) is 0 Å². The summed E-state index contributed by atoms with van der Waals surface area (Å²) in [5, 5.41) is 9.02. The molecule has 1 aromatic rings. The Balaban J connectivity index is 2.38. The molecular weight excluding hydrogens is 200 g/mol. The Morgan fingerprint density at radius 3 is 2.56 bits per heavy atom. The quantitative estimate of drug-likeness (QED) is 0.684. The van der Waals surface area contributed by atoms with Gasteiger partial charge in [-0.1, -0.05) is 19.8 Å². The van der Waals surface area contributed by atoms with Gasteiger partial charge >= 0.3 is 0 Å². The summed E-state index contributed by atoms with van der Waals surface area (Å²) in [7, 11) is 0. The van der Waals surface area contributed by atoms with Gasteiger partial charge in [0.05, 0.1) is 6.61 Å². The summed E-state index contributed by atoms with van der Waals surface area (Å²) in [6, 6.07) is 4.06. The van der Waals surface area contributed by atoms with Gasteiger partial charge in [-0.05, 0) is 30.7 Å². The predicted octanol–water partition coefficient (Wildman–Crippen LogP) is 2.07. The van der Waals surface area contributed by atoms with Gasteiger partial charge in [0.2, 0.25) is 0 Å². The Morgan fingerprint density at radius 2 is 1.94 bits per heavy atom. The number of rotatable bonds is 8. The molecule has 0 atom stereocenters. The molecule has 90 valence electrons. The zero-order chi connectivity index (χ0) is 11.6. The lowest BCUT2D eigenvalue weighted by Gasteiger charge is -2.21. The summed E-state index contributed by atoms with van der Waals surface area (Å²) in [5.74, 6) is 0. The number of aromatic nitrogens is 1. The van der Waals surface area contributed by atoms with E-state index in [2.05, 4.69) is 16.8 Å². The topological polar surface area (TPSA) is 36.4 Å². The van der Waals surface area contributed by atoms with Gasteiger partial charge in [0.15, 0.2) is 0 Å². The first kappa shape index (κ1) is 13.1. The van der Waals surface area contributed by atoms with Crippen LogP contribution in [0.2, 0.25) is 0 Å². The largest absolute Gasteiger partial charge is 0.395 e. The van der Waals surface area contributed by atoms with Crippen molar-refractivity contribution in [3.8, 4) is 0 Å². The van der Waals surface area contributed by atoms with E-state index in [0.29, 0.717) is 0 Å². The first-order valence-corrected chi connectivity index (χ1v) is 6.09. The molecule has 0 radical (unpaired) electrons. The molecule has 0 saturated heterocycles. The third kappa shape index (κ3) is 5.24. The van der Waals surface area contributed by atoms with Gasteiger partial charge in [-0.15, -0.1) is 0 Å². The lowest BCUT2D eigenvalue weighted by Crippen LogP contribution is -2.27. The molecule has 0 bridgehead atoms. The van der Waals surface area contributed by atoms with E-state index in [1.807, 2.05) is 24.5 Å². The number of aliphatic hydroxyl groups excluding tert-OH is 1. The molecule has 3 nitrogen and oxygen atoms in total. The van der Waals surface area contributed by atoms with Crippen molar-refractivity contribution in [2.45, 2.75) is 32.7 Å². The minimum Gasteiger partial charge on any atom is -0.395 e.